The van der Waals surface area contributed by atoms with Crippen LogP contribution in [0.3, 0.4) is 0 Å². The van der Waals surface area contributed by atoms with Crippen LogP contribution < -0.4 is 4.89 Å². The number of halogens is 1. The van der Waals surface area contributed by atoms with E-state index in [1.165, 1.54) is 6.92 Å². The molecule has 0 spiro atoms. The van der Waals surface area contributed by atoms with Gasteiger partial charge in [-0.15, -0.1) is 0 Å². The fourth-order valence-corrected chi connectivity index (χ4v) is 1.26. The zero-order valence-electron chi connectivity index (χ0n) is 7.49. The van der Waals surface area contributed by atoms with Crippen molar-refractivity contribution < 1.29 is 19.7 Å². The molecule has 4 nitrogen and oxygen atoms in total. The SMILES string of the molecule is CC(=O)OOc1ccc(Br)cc1CO. The topological polar surface area (TPSA) is 55.8 Å². The largest absolute Gasteiger partial charge is 0.392 e. The Labute approximate surface area is 89.5 Å². The highest BCUT2D eigenvalue weighted by atomic mass is 79.9. The van der Waals surface area contributed by atoms with Gasteiger partial charge in [-0.25, -0.2) is 4.79 Å². The minimum atomic E-state index is -0.545. The van der Waals surface area contributed by atoms with E-state index in [4.69, 9.17) is 9.99 Å². The highest BCUT2D eigenvalue weighted by Gasteiger charge is 2.05. The lowest BCUT2D eigenvalue weighted by atomic mass is 10.2. The summed E-state index contributed by atoms with van der Waals surface area (Å²) in [6, 6.07) is 5.00. The summed E-state index contributed by atoms with van der Waals surface area (Å²) in [5, 5.41) is 8.97. The van der Waals surface area contributed by atoms with Crippen LogP contribution in [0.5, 0.6) is 5.75 Å². The molecule has 1 rings (SSSR count). The van der Waals surface area contributed by atoms with Crippen molar-refractivity contribution in [3.8, 4) is 5.75 Å². The van der Waals surface area contributed by atoms with Crippen molar-refractivity contribution in [3.05, 3.63) is 28.2 Å². The monoisotopic (exact) mass is 260 g/mol. The van der Waals surface area contributed by atoms with E-state index in [0.717, 1.165) is 4.47 Å². The third kappa shape index (κ3) is 3.01. The number of hydrogen-bond acceptors (Lipinski definition) is 4. The molecule has 0 aliphatic carbocycles. The zero-order chi connectivity index (χ0) is 10.6. The second-order valence-electron chi connectivity index (χ2n) is 2.57. The van der Waals surface area contributed by atoms with Crippen molar-refractivity contribution in [3.63, 3.8) is 0 Å². The molecule has 0 aliphatic heterocycles. The molecule has 0 aromatic heterocycles. The Hall–Kier alpha value is -1.07. The van der Waals surface area contributed by atoms with Crippen molar-refractivity contribution in [1.29, 1.82) is 0 Å². The first-order valence-corrected chi connectivity index (χ1v) is 4.67. The molecule has 5 heteroatoms. The molecule has 1 N–H and O–H groups in total. The molecule has 0 atom stereocenters. The van der Waals surface area contributed by atoms with Crippen LogP contribution in [0.25, 0.3) is 0 Å². The van der Waals surface area contributed by atoms with Crippen molar-refractivity contribution >= 4 is 21.9 Å². The van der Waals surface area contributed by atoms with Crippen molar-refractivity contribution in [2.45, 2.75) is 13.5 Å². The lowest BCUT2D eigenvalue weighted by molar-refractivity contribution is -0.211. The lowest BCUT2D eigenvalue weighted by Crippen LogP contribution is -2.04. The molecule has 1 aromatic rings. The molecule has 0 heterocycles. The van der Waals surface area contributed by atoms with Crippen LogP contribution in [-0.2, 0) is 16.3 Å². The quantitative estimate of drug-likeness (QED) is 0.665. The first-order valence-electron chi connectivity index (χ1n) is 3.88. The minimum absolute atomic E-state index is 0.184. The summed E-state index contributed by atoms with van der Waals surface area (Å²) >= 11 is 3.24. The van der Waals surface area contributed by atoms with Crippen LogP contribution in [0.1, 0.15) is 12.5 Å². The van der Waals surface area contributed by atoms with Crippen LogP contribution in [0.2, 0.25) is 0 Å². The predicted molar refractivity (Wildman–Crippen MR) is 52.5 cm³/mol. The van der Waals surface area contributed by atoms with Gasteiger partial charge in [0.2, 0.25) is 0 Å². The molecule has 0 fully saturated rings. The van der Waals surface area contributed by atoms with Crippen LogP contribution in [0.15, 0.2) is 22.7 Å². The number of aliphatic hydroxyl groups excluding tert-OH is 1. The number of rotatable bonds is 3. The minimum Gasteiger partial charge on any atom is -0.392 e. The van der Waals surface area contributed by atoms with Gasteiger partial charge in [0.25, 0.3) is 0 Å². The summed E-state index contributed by atoms with van der Waals surface area (Å²) in [5.41, 5.74) is 0.542. The molecule has 0 bridgehead atoms. The highest BCUT2D eigenvalue weighted by Crippen LogP contribution is 2.23. The van der Waals surface area contributed by atoms with E-state index in [1.807, 2.05) is 0 Å². The van der Waals surface area contributed by atoms with Crippen molar-refractivity contribution in [2.75, 3.05) is 0 Å². The molecule has 14 heavy (non-hydrogen) atoms. The Balaban J connectivity index is 2.80. The number of benzene rings is 1. The van der Waals surface area contributed by atoms with Crippen molar-refractivity contribution in [1.82, 2.24) is 0 Å². The average molecular weight is 261 g/mol. The van der Waals surface area contributed by atoms with E-state index < -0.39 is 5.97 Å². The van der Waals surface area contributed by atoms with Crippen LogP contribution in [0, 0.1) is 0 Å². The predicted octanol–water partition coefficient (Wildman–Crippen LogP) is 1.80. The Morgan fingerprint density at radius 2 is 2.29 bits per heavy atom. The molecule has 0 aliphatic rings. The van der Waals surface area contributed by atoms with Crippen molar-refractivity contribution in [2.24, 2.45) is 0 Å². The molecular weight excluding hydrogens is 252 g/mol. The van der Waals surface area contributed by atoms with Crippen LogP contribution in [0.4, 0.5) is 0 Å². The first-order chi connectivity index (χ1) is 6.63. The molecule has 76 valence electrons. The van der Waals surface area contributed by atoms with Gasteiger partial charge in [-0.05, 0) is 18.2 Å². The average Bonchev–Trinajstić information content (AvgIpc) is 2.15. The summed E-state index contributed by atoms with van der Waals surface area (Å²) in [4.78, 5) is 19.5. The van der Waals surface area contributed by atoms with E-state index >= 15 is 0 Å². The molecule has 0 saturated carbocycles. The number of aliphatic hydroxyl groups is 1. The summed E-state index contributed by atoms with van der Waals surface area (Å²) in [5.74, 6) is -0.220. The van der Waals surface area contributed by atoms with E-state index in [-0.39, 0.29) is 6.61 Å². The van der Waals surface area contributed by atoms with Gasteiger partial charge in [-0.3, -0.25) is 9.78 Å². The van der Waals surface area contributed by atoms with Gasteiger partial charge in [-0.2, -0.15) is 0 Å². The van der Waals surface area contributed by atoms with Gasteiger partial charge in [0, 0.05) is 17.0 Å². The number of carbonyl (C=O) groups excluding carboxylic acids is 1. The van der Waals surface area contributed by atoms with E-state index in [2.05, 4.69) is 20.8 Å². The standard InChI is InChI=1S/C9H9BrO4/c1-6(12)13-14-9-3-2-8(10)4-7(9)5-11/h2-4,11H,5H2,1H3. The number of carbonyl (C=O) groups is 1. The maximum absolute atomic E-state index is 10.5. The number of hydrogen-bond donors (Lipinski definition) is 1. The third-order valence-corrected chi connectivity index (χ3v) is 1.93. The van der Waals surface area contributed by atoms with Gasteiger partial charge in [0.05, 0.1) is 6.61 Å². The Kier molecular flexibility index (Phi) is 3.91. The molecule has 1 aromatic carbocycles. The van der Waals surface area contributed by atoms with Crippen LogP contribution >= 0.6 is 15.9 Å². The molecular formula is C9H9BrO4. The maximum atomic E-state index is 10.5. The normalized spacial score (nSPS) is 9.64. The van der Waals surface area contributed by atoms with E-state index in [0.29, 0.717) is 11.3 Å². The lowest BCUT2D eigenvalue weighted by Gasteiger charge is -2.06. The fraction of sp³-hybridized carbons (Fsp3) is 0.222. The molecule has 0 radical (unpaired) electrons. The smallest absolute Gasteiger partial charge is 0.352 e. The Morgan fingerprint density at radius 3 is 2.86 bits per heavy atom. The second-order valence-corrected chi connectivity index (χ2v) is 3.48. The summed E-state index contributed by atoms with van der Waals surface area (Å²) in [7, 11) is 0. The van der Waals surface area contributed by atoms with Gasteiger partial charge in [0.1, 0.15) is 0 Å². The highest BCUT2D eigenvalue weighted by molar-refractivity contribution is 9.10. The fourth-order valence-electron chi connectivity index (χ4n) is 0.856. The van der Waals surface area contributed by atoms with Gasteiger partial charge in [-0.1, -0.05) is 15.9 Å². The molecule has 0 amide bonds. The zero-order valence-corrected chi connectivity index (χ0v) is 9.08. The Morgan fingerprint density at radius 1 is 1.57 bits per heavy atom. The third-order valence-electron chi connectivity index (χ3n) is 1.44. The van der Waals surface area contributed by atoms with Gasteiger partial charge in [0.15, 0.2) is 5.75 Å². The van der Waals surface area contributed by atoms with Gasteiger partial charge < -0.3 is 5.11 Å². The second kappa shape index (κ2) is 4.97. The molecule has 0 saturated heterocycles. The summed E-state index contributed by atoms with van der Waals surface area (Å²) < 4.78 is 0.816. The Bertz CT molecular complexity index is 338. The molecule has 0 unspecified atom stereocenters. The first kappa shape index (κ1) is 11.0. The summed E-state index contributed by atoms with van der Waals surface area (Å²) in [6.07, 6.45) is 0. The van der Waals surface area contributed by atoms with E-state index in [1.54, 1.807) is 18.2 Å². The van der Waals surface area contributed by atoms with Crippen LogP contribution in [-0.4, -0.2) is 11.1 Å². The maximum Gasteiger partial charge on any atom is 0.352 e. The van der Waals surface area contributed by atoms with E-state index in [9.17, 15) is 4.79 Å². The van der Waals surface area contributed by atoms with Gasteiger partial charge >= 0.3 is 5.97 Å². The summed E-state index contributed by atoms with van der Waals surface area (Å²) in [6.45, 7) is 1.05.